The van der Waals surface area contributed by atoms with Crippen molar-refractivity contribution in [3.8, 4) is 24.2 Å². The van der Waals surface area contributed by atoms with E-state index in [1.165, 1.54) is 0 Å². The molecule has 1 fully saturated rings. The highest BCUT2D eigenvalue weighted by atomic mass is 79.9. The highest BCUT2D eigenvalue weighted by Gasteiger charge is 2.34. The molecule has 1 aliphatic rings. The van der Waals surface area contributed by atoms with E-state index in [9.17, 15) is 9.59 Å². The van der Waals surface area contributed by atoms with E-state index in [0.717, 1.165) is 27.8 Å². The SMILES string of the molecule is C#CCN1C(=O)S/C(=C/c2ccc(OCc3ccccc3C#N)c(Br)c2)C1=O. The van der Waals surface area contributed by atoms with Crippen molar-refractivity contribution < 1.29 is 14.3 Å². The molecule has 0 bridgehead atoms. The molecule has 2 aromatic carbocycles. The first-order valence-corrected chi connectivity index (χ1v) is 9.73. The van der Waals surface area contributed by atoms with Crippen molar-refractivity contribution in [3.63, 3.8) is 0 Å². The second-order valence-electron chi connectivity index (χ2n) is 5.72. The van der Waals surface area contributed by atoms with Crippen LogP contribution in [0.1, 0.15) is 16.7 Å². The number of thioether (sulfide) groups is 1. The summed E-state index contributed by atoms with van der Waals surface area (Å²) in [6.45, 7) is 0.218. The van der Waals surface area contributed by atoms with Crippen molar-refractivity contribution >= 4 is 44.9 Å². The van der Waals surface area contributed by atoms with Crippen molar-refractivity contribution in [2.24, 2.45) is 0 Å². The lowest BCUT2D eigenvalue weighted by molar-refractivity contribution is -0.122. The van der Waals surface area contributed by atoms with Gasteiger partial charge in [0.2, 0.25) is 0 Å². The molecule has 0 saturated carbocycles. The lowest BCUT2D eigenvalue weighted by Crippen LogP contribution is -2.28. The Morgan fingerprint density at radius 3 is 2.75 bits per heavy atom. The van der Waals surface area contributed by atoms with E-state index in [4.69, 9.17) is 16.4 Å². The van der Waals surface area contributed by atoms with Crippen LogP contribution in [0.4, 0.5) is 4.79 Å². The number of terminal acetylenes is 1. The van der Waals surface area contributed by atoms with E-state index < -0.39 is 5.91 Å². The van der Waals surface area contributed by atoms with Crippen LogP contribution in [0, 0.1) is 23.7 Å². The monoisotopic (exact) mass is 452 g/mol. The lowest BCUT2D eigenvalue weighted by Gasteiger charge is -2.10. The molecule has 0 N–H and O–H groups in total. The van der Waals surface area contributed by atoms with Crippen molar-refractivity contribution in [3.05, 3.63) is 68.5 Å². The number of hydrogen-bond donors (Lipinski definition) is 0. The molecule has 2 aromatic rings. The smallest absolute Gasteiger partial charge is 0.294 e. The number of benzene rings is 2. The van der Waals surface area contributed by atoms with E-state index in [2.05, 4.69) is 27.9 Å². The van der Waals surface area contributed by atoms with E-state index in [1.54, 1.807) is 36.4 Å². The Morgan fingerprint density at radius 2 is 2.04 bits per heavy atom. The molecule has 1 heterocycles. The number of halogens is 1. The fourth-order valence-electron chi connectivity index (χ4n) is 2.51. The second-order valence-corrected chi connectivity index (χ2v) is 7.57. The lowest BCUT2D eigenvalue weighted by atomic mass is 10.1. The summed E-state index contributed by atoms with van der Waals surface area (Å²) in [5, 5.41) is 8.77. The Kier molecular flexibility index (Phi) is 6.20. The van der Waals surface area contributed by atoms with Gasteiger partial charge < -0.3 is 4.74 Å². The van der Waals surface area contributed by atoms with E-state index in [1.807, 2.05) is 12.1 Å². The number of carbonyl (C=O) groups excluding carboxylic acids is 2. The van der Waals surface area contributed by atoms with Crippen LogP contribution in [0.15, 0.2) is 51.8 Å². The molecule has 0 aliphatic carbocycles. The quantitative estimate of drug-likeness (QED) is 0.490. The van der Waals surface area contributed by atoms with Gasteiger partial charge in [0.15, 0.2) is 0 Å². The molecule has 3 rings (SSSR count). The zero-order valence-corrected chi connectivity index (χ0v) is 16.9. The van der Waals surface area contributed by atoms with Gasteiger partial charge in [-0.1, -0.05) is 30.2 Å². The highest BCUT2D eigenvalue weighted by molar-refractivity contribution is 9.10. The maximum absolute atomic E-state index is 12.2. The summed E-state index contributed by atoms with van der Waals surface area (Å²) < 4.78 is 6.50. The van der Waals surface area contributed by atoms with Crippen molar-refractivity contribution in [1.29, 1.82) is 5.26 Å². The first-order chi connectivity index (χ1) is 13.5. The number of carbonyl (C=O) groups is 2. The first-order valence-electron chi connectivity index (χ1n) is 8.12. The van der Waals surface area contributed by atoms with Crippen molar-refractivity contribution in [2.75, 3.05) is 6.54 Å². The number of rotatable bonds is 5. The van der Waals surface area contributed by atoms with Crippen LogP contribution in [0.5, 0.6) is 5.75 Å². The average Bonchev–Trinajstić information content (AvgIpc) is 2.95. The van der Waals surface area contributed by atoms with Crippen LogP contribution in [0.3, 0.4) is 0 Å². The molecule has 0 radical (unpaired) electrons. The van der Waals surface area contributed by atoms with Crippen LogP contribution < -0.4 is 4.74 Å². The van der Waals surface area contributed by atoms with Gasteiger partial charge in [0.05, 0.1) is 27.6 Å². The average molecular weight is 453 g/mol. The van der Waals surface area contributed by atoms with Crippen LogP contribution in [0.25, 0.3) is 6.08 Å². The normalized spacial score (nSPS) is 14.8. The number of imide groups is 1. The molecule has 0 spiro atoms. The third-order valence-electron chi connectivity index (χ3n) is 3.90. The highest BCUT2D eigenvalue weighted by Crippen LogP contribution is 2.33. The van der Waals surface area contributed by atoms with Gasteiger partial charge in [-0.15, -0.1) is 6.42 Å². The molecule has 138 valence electrons. The molecule has 28 heavy (non-hydrogen) atoms. The molecule has 0 atom stereocenters. The Balaban J connectivity index is 1.74. The molecule has 2 amide bonds. The summed E-state index contributed by atoms with van der Waals surface area (Å²) in [5.41, 5.74) is 2.10. The second kappa shape index (κ2) is 8.79. The maximum Gasteiger partial charge on any atom is 0.294 e. The fourth-order valence-corrected chi connectivity index (χ4v) is 3.86. The van der Waals surface area contributed by atoms with E-state index >= 15 is 0 Å². The van der Waals surface area contributed by atoms with Gasteiger partial charge in [-0.2, -0.15) is 5.26 Å². The maximum atomic E-state index is 12.2. The van der Waals surface area contributed by atoms with E-state index in [0.29, 0.717) is 20.7 Å². The predicted molar refractivity (Wildman–Crippen MR) is 111 cm³/mol. The van der Waals surface area contributed by atoms with Crippen molar-refractivity contribution in [1.82, 2.24) is 4.90 Å². The Morgan fingerprint density at radius 1 is 1.25 bits per heavy atom. The minimum absolute atomic E-state index is 0.0390. The van der Waals surface area contributed by atoms with Gasteiger partial charge in [0.25, 0.3) is 11.1 Å². The van der Waals surface area contributed by atoms with Gasteiger partial charge in [-0.3, -0.25) is 14.5 Å². The van der Waals surface area contributed by atoms with E-state index in [-0.39, 0.29) is 18.4 Å². The van der Waals surface area contributed by atoms with Crippen LogP contribution in [-0.4, -0.2) is 22.6 Å². The Bertz CT molecular complexity index is 1070. The predicted octanol–water partition coefficient (Wildman–Crippen LogP) is 4.57. The third kappa shape index (κ3) is 4.28. The zero-order chi connectivity index (χ0) is 20.1. The number of hydrogen-bond acceptors (Lipinski definition) is 5. The standard InChI is InChI=1S/C21H13BrN2O3S/c1-2-9-24-20(25)19(28-21(24)26)11-14-7-8-18(17(22)10-14)27-13-16-6-4-3-5-15(16)12-23/h1,3-8,10-11H,9,13H2/b19-11+. The third-order valence-corrected chi connectivity index (χ3v) is 5.42. The fraction of sp³-hybridized carbons (Fsp3) is 0.0952. The molecule has 0 aromatic heterocycles. The summed E-state index contributed by atoms with van der Waals surface area (Å²) in [4.78, 5) is 25.4. The number of nitrogens with zero attached hydrogens (tertiary/aromatic N) is 2. The molecule has 5 nitrogen and oxygen atoms in total. The molecule has 7 heteroatoms. The summed E-state index contributed by atoms with van der Waals surface area (Å²) in [7, 11) is 0. The summed E-state index contributed by atoms with van der Waals surface area (Å²) in [5.74, 6) is 2.52. The molecular weight excluding hydrogens is 440 g/mol. The molecular formula is C21H13BrN2O3S. The summed E-state index contributed by atoms with van der Waals surface area (Å²) >= 11 is 4.32. The first kappa shape index (κ1) is 19.8. The zero-order valence-electron chi connectivity index (χ0n) is 14.5. The summed E-state index contributed by atoms with van der Waals surface area (Å²) in [6, 6.07) is 14.7. The van der Waals surface area contributed by atoms with Gasteiger partial charge >= 0.3 is 0 Å². The van der Waals surface area contributed by atoms with Gasteiger partial charge in [-0.05, 0) is 57.5 Å². The minimum atomic E-state index is -0.391. The topological polar surface area (TPSA) is 70.4 Å². The van der Waals surface area contributed by atoms with Crippen LogP contribution in [-0.2, 0) is 11.4 Å². The number of amides is 2. The number of nitriles is 1. The van der Waals surface area contributed by atoms with Crippen LogP contribution >= 0.6 is 27.7 Å². The van der Waals surface area contributed by atoms with Gasteiger partial charge in [0.1, 0.15) is 12.4 Å². The summed E-state index contributed by atoms with van der Waals surface area (Å²) in [6.07, 6.45) is 6.83. The van der Waals surface area contributed by atoms with Gasteiger partial charge in [-0.25, -0.2) is 0 Å². The molecule has 1 saturated heterocycles. The Hall–Kier alpha value is -3.00. The largest absolute Gasteiger partial charge is 0.488 e. The Labute approximate surface area is 175 Å². The van der Waals surface area contributed by atoms with Crippen molar-refractivity contribution in [2.45, 2.75) is 6.61 Å². The number of ether oxygens (including phenoxy) is 1. The molecule has 1 aliphatic heterocycles. The minimum Gasteiger partial charge on any atom is -0.488 e. The van der Waals surface area contributed by atoms with Crippen LogP contribution in [0.2, 0.25) is 0 Å². The van der Waals surface area contributed by atoms with Gasteiger partial charge in [0, 0.05) is 5.56 Å². The molecule has 0 unspecified atom stereocenters.